The van der Waals surface area contributed by atoms with Crippen LogP contribution in [-0.2, 0) is 9.59 Å². The minimum absolute atomic E-state index is 0.193. The summed E-state index contributed by atoms with van der Waals surface area (Å²) < 4.78 is 0. The van der Waals surface area contributed by atoms with Gasteiger partial charge in [0, 0.05) is 12.6 Å². The number of nitrogens with zero attached hydrogens (tertiary/aromatic N) is 1. The number of amides is 1. The van der Waals surface area contributed by atoms with E-state index >= 15 is 0 Å². The van der Waals surface area contributed by atoms with Crippen LogP contribution in [0.4, 0.5) is 0 Å². The van der Waals surface area contributed by atoms with E-state index in [2.05, 4.69) is 6.92 Å². The number of carbonyl (C=O) groups excluding carboxylic acids is 1. The topological polar surface area (TPSA) is 57.6 Å². The first-order chi connectivity index (χ1) is 6.50. The van der Waals surface area contributed by atoms with Gasteiger partial charge >= 0.3 is 5.97 Å². The van der Waals surface area contributed by atoms with E-state index < -0.39 is 5.97 Å². The Labute approximate surface area is 83.9 Å². The van der Waals surface area contributed by atoms with Crippen LogP contribution in [0.25, 0.3) is 0 Å². The Morgan fingerprint density at radius 2 is 2.00 bits per heavy atom. The van der Waals surface area contributed by atoms with Crippen LogP contribution in [0.5, 0.6) is 0 Å². The summed E-state index contributed by atoms with van der Waals surface area (Å²) in [5.74, 6) is -0.805. The molecule has 0 aromatic rings. The molecule has 2 unspecified atom stereocenters. The quantitative estimate of drug-likeness (QED) is 0.678. The fraction of sp³-hybridized carbons (Fsp3) is 0.800. The van der Waals surface area contributed by atoms with Gasteiger partial charge in [-0.3, -0.25) is 9.59 Å². The third kappa shape index (κ3) is 2.72. The van der Waals surface area contributed by atoms with E-state index in [-0.39, 0.29) is 18.4 Å². The molecule has 1 saturated heterocycles. The molecule has 0 aliphatic carbocycles. The fourth-order valence-electron chi connectivity index (χ4n) is 1.87. The predicted octanol–water partition coefficient (Wildman–Crippen LogP) is 1.11. The standard InChI is InChI=1S/C10H17NO3/c1-7-3-4-8(2)11(6-7)9(12)5-10(13)14/h7-8H,3-6H2,1-2H3,(H,13,14). The lowest BCUT2D eigenvalue weighted by molar-refractivity contribution is -0.146. The van der Waals surface area contributed by atoms with Gasteiger partial charge in [0.15, 0.2) is 0 Å². The van der Waals surface area contributed by atoms with Gasteiger partial charge in [-0.1, -0.05) is 6.92 Å². The highest BCUT2D eigenvalue weighted by Crippen LogP contribution is 2.21. The molecular formula is C10H17NO3. The van der Waals surface area contributed by atoms with Crippen molar-refractivity contribution in [3.05, 3.63) is 0 Å². The number of carboxylic acids is 1. The summed E-state index contributed by atoms with van der Waals surface area (Å²) >= 11 is 0. The number of aliphatic carboxylic acids is 1. The fourth-order valence-corrected chi connectivity index (χ4v) is 1.87. The molecule has 2 atom stereocenters. The number of likely N-dealkylation sites (tertiary alicyclic amines) is 1. The average molecular weight is 199 g/mol. The average Bonchev–Trinajstić information content (AvgIpc) is 2.08. The van der Waals surface area contributed by atoms with E-state index in [1.54, 1.807) is 4.90 Å². The van der Waals surface area contributed by atoms with Crippen LogP contribution < -0.4 is 0 Å². The van der Waals surface area contributed by atoms with Gasteiger partial charge < -0.3 is 10.0 Å². The molecule has 4 heteroatoms. The Morgan fingerprint density at radius 3 is 2.57 bits per heavy atom. The first-order valence-electron chi connectivity index (χ1n) is 5.02. The molecule has 1 aliphatic heterocycles. The van der Waals surface area contributed by atoms with Crippen LogP contribution in [0.3, 0.4) is 0 Å². The molecule has 4 nitrogen and oxygen atoms in total. The first-order valence-corrected chi connectivity index (χ1v) is 5.02. The normalized spacial score (nSPS) is 27.4. The Hall–Kier alpha value is -1.06. The molecule has 0 saturated carbocycles. The number of carboxylic acid groups (broad SMARTS) is 1. The maximum absolute atomic E-state index is 11.5. The molecule has 1 N–H and O–H groups in total. The van der Waals surface area contributed by atoms with Crippen LogP contribution in [0.15, 0.2) is 0 Å². The minimum Gasteiger partial charge on any atom is -0.481 e. The van der Waals surface area contributed by atoms with Crippen LogP contribution in [0.1, 0.15) is 33.1 Å². The van der Waals surface area contributed by atoms with Gasteiger partial charge in [-0.2, -0.15) is 0 Å². The number of rotatable bonds is 2. The molecule has 0 aromatic heterocycles. The largest absolute Gasteiger partial charge is 0.481 e. The Kier molecular flexibility index (Phi) is 3.49. The lowest BCUT2D eigenvalue weighted by atomic mass is 9.95. The zero-order chi connectivity index (χ0) is 10.7. The second-order valence-electron chi connectivity index (χ2n) is 4.15. The molecule has 1 amide bonds. The van der Waals surface area contributed by atoms with Crippen molar-refractivity contribution in [3.8, 4) is 0 Å². The highest BCUT2D eigenvalue weighted by Gasteiger charge is 2.27. The number of carbonyl (C=O) groups is 2. The van der Waals surface area contributed by atoms with E-state index in [1.165, 1.54) is 0 Å². The number of piperidine rings is 1. The van der Waals surface area contributed by atoms with Gasteiger partial charge in [-0.05, 0) is 25.7 Å². The molecule has 1 rings (SSSR count). The lowest BCUT2D eigenvalue weighted by Crippen LogP contribution is -2.45. The Morgan fingerprint density at radius 1 is 1.36 bits per heavy atom. The van der Waals surface area contributed by atoms with E-state index in [0.717, 1.165) is 12.8 Å². The van der Waals surface area contributed by atoms with Gasteiger partial charge in [0.05, 0.1) is 0 Å². The molecule has 80 valence electrons. The zero-order valence-electron chi connectivity index (χ0n) is 8.69. The van der Waals surface area contributed by atoms with E-state index in [4.69, 9.17) is 5.11 Å². The second kappa shape index (κ2) is 4.44. The van der Waals surface area contributed by atoms with Crippen molar-refractivity contribution in [3.63, 3.8) is 0 Å². The SMILES string of the molecule is CC1CCC(C)N(C(=O)CC(=O)O)C1. The number of hydrogen-bond donors (Lipinski definition) is 1. The molecule has 1 heterocycles. The lowest BCUT2D eigenvalue weighted by Gasteiger charge is -2.36. The Balaban J connectivity index is 2.55. The maximum atomic E-state index is 11.5. The summed E-state index contributed by atoms with van der Waals surface area (Å²) in [5.41, 5.74) is 0. The third-order valence-corrected chi connectivity index (χ3v) is 2.74. The van der Waals surface area contributed by atoms with Crippen molar-refractivity contribution < 1.29 is 14.7 Å². The van der Waals surface area contributed by atoms with Crippen LogP contribution in [0, 0.1) is 5.92 Å². The minimum atomic E-state index is -1.04. The van der Waals surface area contributed by atoms with Crippen LogP contribution in [-0.4, -0.2) is 34.5 Å². The van der Waals surface area contributed by atoms with Gasteiger partial charge in [0.25, 0.3) is 0 Å². The van der Waals surface area contributed by atoms with Crippen molar-refractivity contribution in [1.82, 2.24) is 4.90 Å². The predicted molar refractivity (Wildman–Crippen MR) is 51.8 cm³/mol. The summed E-state index contributed by atoms with van der Waals surface area (Å²) in [7, 11) is 0. The summed E-state index contributed by atoms with van der Waals surface area (Å²) in [4.78, 5) is 23.6. The molecule has 1 fully saturated rings. The summed E-state index contributed by atoms with van der Waals surface area (Å²) in [5, 5.41) is 8.52. The molecular weight excluding hydrogens is 182 g/mol. The molecule has 0 radical (unpaired) electrons. The zero-order valence-corrected chi connectivity index (χ0v) is 8.69. The second-order valence-corrected chi connectivity index (χ2v) is 4.15. The molecule has 0 spiro atoms. The monoisotopic (exact) mass is 199 g/mol. The summed E-state index contributed by atoms with van der Waals surface area (Å²) in [6.07, 6.45) is 1.72. The molecule has 1 aliphatic rings. The van der Waals surface area contributed by atoms with Crippen LogP contribution in [0.2, 0.25) is 0 Å². The van der Waals surface area contributed by atoms with Crippen molar-refractivity contribution in [2.75, 3.05) is 6.54 Å². The van der Waals surface area contributed by atoms with Gasteiger partial charge in [0.2, 0.25) is 5.91 Å². The summed E-state index contributed by atoms with van der Waals surface area (Å²) in [6, 6.07) is 0.193. The van der Waals surface area contributed by atoms with Crippen molar-refractivity contribution >= 4 is 11.9 Å². The Bertz CT molecular complexity index is 240. The maximum Gasteiger partial charge on any atom is 0.312 e. The van der Waals surface area contributed by atoms with Crippen molar-refractivity contribution in [2.24, 2.45) is 5.92 Å². The molecule has 0 aromatic carbocycles. The number of hydrogen-bond acceptors (Lipinski definition) is 2. The highest BCUT2D eigenvalue weighted by molar-refractivity contribution is 5.93. The molecule has 14 heavy (non-hydrogen) atoms. The first kappa shape index (κ1) is 11.0. The van der Waals surface area contributed by atoms with Crippen LogP contribution >= 0.6 is 0 Å². The summed E-state index contributed by atoms with van der Waals surface area (Å²) in [6.45, 7) is 4.77. The van der Waals surface area contributed by atoms with E-state index in [0.29, 0.717) is 12.5 Å². The highest BCUT2D eigenvalue weighted by atomic mass is 16.4. The smallest absolute Gasteiger partial charge is 0.312 e. The van der Waals surface area contributed by atoms with Gasteiger partial charge in [-0.25, -0.2) is 0 Å². The van der Waals surface area contributed by atoms with E-state index in [1.807, 2.05) is 6.92 Å². The van der Waals surface area contributed by atoms with Crippen molar-refractivity contribution in [2.45, 2.75) is 39.2 Å². The van der Waals surface area contributed by atoms with Crippen molar-refractivity contribution in [1.29, 1.82) is 0 Å². The van der Waals surface area contributed by atoms with Gasteiger partial charge in [0.1, 0.15) is 6.42 Å². The van der Waals surface area contributed by atoms with Gasteiger partial charge in [-0.15, -0.1) is 0 Å². The third-order valence-electron chi connectivity index (χ3n) is 2.74. The molecule has 0 bridgehead atoms. The van der Waals surface area contributed by atoms with E-state index in [9.17, 15) is 9.59 Å².